The summed E-state index contributed by atoms with van der Waals surface area (Å²) < 4.78 is 7.11. The molecule has 1 aromatic heterocycles. The fourth-order valence-corrected chi connectivity index (χ4v) is 1.93. The highest BCUT2D eigenvalue weighted by Gasteiger charge is 2.23. The second kappa shape index (κ2) is 5.75. The quantitative estimate of drug-likeness (QED) is 0.869. The Hall–Kier alpha value is -2.33. The maximum absolute atomic E-state index is 11.8. The van der Waals surface area contributed by atoms with Crippen LogP contribution in [0.15, 0.2) is 28.7 Å². The monoisotopic (exact) mass is 334 g/mol. The summed E-state index contributed by atoms with van der Waals surface area (Å²) in [6, 6.07) is 9.05. The molecule has 0 fully saturated rings. The average Bonchev–Trinajstić information content (AvgIpc) is 2.77. The van der Waals surface area contributed by atoms with Crippen LogP contribution in [-0.2, 0) is 4.74 Å². The summed E-state index contributed by atoms with van der Waals surface area (Å²) >= 11 is 3.33. The van der Waals surface area contributed by atoms with Crippen LogP contribution < -0.4 is 5.73 Å². The van der Waals surface area contributed by atoms with Gasteiger partial charge in [-0.25, -0.2) is 9.48 Å². The third-order valence-corrected chi connectivity index (χ3v) is 3.10. The van der Waals surface area contributed by atoms with Gasteiger partial charge in [-0.05, 0) is 31.2 Å². The van der Waals surface area contributed by atoms with E-state index in [0.29, 0.717) is 5.69 Å². The first-order chi connectivity index (χ1) is 9.58. The van der Waals surface area contributed by atoms with E-state index >= 15 is 0 Å². The zero-order chi connectivity index (χ0) is 14.7. The lowest BCUT2D eigenvalue weighted by Crippen LogP contribution is -2.08. The lowest BCUT2D eigenvalue weighted by Gasteiger charge is -2.03. The Morgan fingerprint density at radius 1 is 1.50 bits per heavy atom. The van der Waals surface area contributed by atoms with Gasteiger partial charge < -0.3 is 10.5 Å². The van der Waals surface area contributed by atoms with Gasteiger partial charge in [0.2, 0.25) is 0 Å². The number of rotatable bonds is 3. The van der Waals surface area contributed by atoms with Gasteiger partial charge in [0.05, 0.1) is 12.3 Å². The molecule has 102 valence electrons. The Kier molecular flexibility index (Phi) is 4.05. The van der Waals surface area contributed by atoms with E-state index in [0.717, 1.165) is 4.47 Å². The first kappa shape index (κ1) is 14.1. The van der Waals surface area contributed by atoms with Crippen LogP contribution in [-0.4, -0.2) is 22.4 Å². The normalized spacial score (nSPS) is 10.1. The number of carbonyl (C=O) groups is 1. The van der Waals surface area contributed by atoms with Crippen molar-refractivity contribution in [2.75, 3.05) is 12.3 Å². The molecule has 0 aliphatic rings. The van der Waals surface area contributed by atoms with Crippen LogP contribution in [0.25, 0.3) is 5.69 Å². The lowest BCUT2D eigenvalue weighted by atomic mass is 10.2. The van der Waals surface area contributed by atoms with Gasteiger partial charge >= 0.3 is 5.97 Å². The number of ether oxygens (including phenoxy) is 1. The van der Waals surface area contributed by atoms with E-state index < -0.39 is 5.97 Å². The van der Waals surface area contributed by atoms with Crippen molar-refractivity contribution in [3.63, 3.8) is 0 Å². The number of nitrogen functional groups attached to an aromatic ring is 1. The minimum atomic E-state index is -0.661. The molecule has 1 aromatic carbocycles. The summed E-state index contributed by atoms with van der Waals surface area (Å²) in [6.07, 6.45) is 0. The summed E-state index contributed by atoms with van der Waals surface area (Å²) in [5.41, 5.74) is 6.47. The predicted molar refractivity (Wildman–Crippen MR) is 76.3 cm³/mol. The number of aromatic nitrogens is 2. The molecule has 0 aliphatic carbocycles. The fourth-order valence-electron chi connectivity index (χ4n) is 1.66. The van der Waals surface area contributed by atoms with Crippen molar-refractivity contribution in [3.05, 3.63) is 40.0 Å². The topological polar surface area (TPSA) is 93.9 Å². The van der Waals surface area contributed by atoms with Crippen LogP contribution in [0.5, 0.6) is 0 Å². The second-order valence-corrected chi connectivity index (χ2v) is 4.75. The summed E-state index contributed by atoms with van der Waals surface area (Å²) in [4.78, 5) is 11.8. The molecule has 0 amide bonds. The van der Waals surface area contributed by atoms with E-state index in [2.05, 4.69) is 21.0 Å². The molecule has 0 unspecified atom stereocenters. The zero-order valence-corrected chi connectivity index (χ0v) is 12.2. The number of nitrogens with two attached hydrogens (primary N) is 1. The molecule has 0 atom stereocenters. The van der Waals surface area contributed by atoms with E-state index in [-0.39, 0.29) is 23.7 Å². The molecule has 2 rings (SSSR count). The molecule has 2 N–H and O–H groups in total. The smallest absolute Gasteiger partial charge is 0.360 e. The molecule has 1 heterocycles. The highest BCUT2D eigenvalue weighted by Crippen LogP contribution is 2.22. The first-order valence-electron chi connectivity index (χ1n) is 5.80. The van der Waals surface area contributed by atoms with E-state index in [1.165, 1.54) is 4.68 Å². The number of hydrogen-bond donors (Lipinski definition) is 1. The van der Waals surface area contributed by atoms with Crippen molar-refractivity contribution >= 4 is 27.7 Å². The Balaban J connectivity index is 2.53. The molecular formula is C13H11BrN4O2. The first-order valence-corrected chi connectivity index (χ1v) is 6.59. The molecule has 0 bridgehead atoms. The molecule has 0 spiro atoms. The molecule has 7 heteroatoms. The Bertz CT molecular complexity index is 686. The summed E-state index contributed by atoms with van der Waals surface area (Å²) in [5, 5.41) is 13.2. The number of hydrogen-bond acceptors (Lipinski definition) is 5. The second-order valence-electron chi connectivity index (χ2n) is 3.83. The van der Waals surface area contributed by atoms with Gasteiger partial charge in [0.1, 0.15) is 17.5 Å². The molecule has 0 saturated carbocycles. The van der Waals surface area contributed by atoms with Crippen LogP contribution in [0, 0.1) is 11.3 Å². The third kappa shape index (κ3) is 2.51. The molecule has 20 heavy (non-hydrogen) atoms. The maximum atomic E-state index is 11.8. The van der Waals surface area contributed by atoms with Crippen LogP contribution in [0.2, 0.25) is 0 Å². The Morgan fingerprint density at radius 2 is 2.15 bits per heavy atom. The van der Waals surface area contributed by atoms with Gasteiger partial charge in [0, 0.05) is 4.47 Å². The van der Waals surface area contributed by atoms with Crippen LogP contribution in [0.3, 0.4) is 0 Å². The number of benzene rings is 1. The van der Waals surface area contributed by atoms with E-state index in [9.17, 15) is 4.79 Å². The van der Waals surface area contributed by atoms with Gasteiger partial charge in [0.15, 0.2) is 5.69 Å². The van der Waals surface area contributed by atoms with Gasteiger partial charge in [-0.3, -0.25) is 0 Å². The molecule has 0 saturated heterocycles. The van der Waals surface area contributed by atoms with Crippen molar-refractivity contribution < 1.29 is 9.53 Å². The number of carbonyl (C=O) groups excluding carboxylic acids is 1. The van der Waals surface area contributed by atoms with Crippen molar-refractivity contribution in [2.24, 2.45) is 0 Å². The molecule has 0 aliphatic heterocycles. The van der Waals surface area contributed by atoms with E-state index in [1.807, 2.05) is 18.2 Å². The number of anilines is 1. The Morgan fingerprint density at radius 3 is 2.70 bits per heavy atom. The molecule has 2 aromatic rings. The number of esters is 1. The predicted octanol–water partition coefficient (Wildman–Crippen LogP) is 2.27. The van der Waals surface area contributed by atoms with Crippen molar-refractivity contribution in [1.82, 2.24) is 9.78 Å². The zero-order valence-electron chi connectivity index (χ0n) is 10.6. The van der Waals surface area contributed by atoms with Gasteiger partial charge in [-0.1, -0.05) is 15.9 Å². The number of nitriles is 1. The fraction of sp³-hybridized carbons (Fsp3) is 0.154. The van der Waals surface area contributed by atoms with Crippen molar-refractivity contribution in [3.8, 4) is 11.8 Å². The largest absolute Gasteiger partial charge is 0.461 e. The highest BCUT2D eigenvalue weighted by atomic mass is 79.9. The van der Waals surface area contributed by atoms with Crippen LogP contribution >= 0.6 is 15.9 Å². The van der Waals surface area contributed by atoms with E-state index in [1.54, 1.807) is 19.1 Å². The summed E-state index contributed by atoms with van der Waals surface area (Å²) in [7, 11) is 0. The van der Waals surface area contributed by atoms with Crippen molar-refractivity contribution in [2.45, 2.75) is 6.92 Å². The highest BCUT2D eigenvalue weighted by molar-refractivity contribution is 9.10. The molecule has 6 nitrogen and oxygen atoms in total. The average molecular weight is 335 g/mol. The maximum Gasteiger partial charge on any atom is 0.360 e. The third-order valence-electron chi connectivity index (χ3n) is 2.57. The van der Waals surface area contributed by atoms with Crippen molar-refractivity contribution in [1.29, 1.82) is 5.26 Å². The molecule has 0 radical (unpaired) electrons. The SMILES string of the molecule is CCOC(=O)c1nn(-c2ccc(Br)cc2)c(N)c1C#N. The number of nitrogens with zero attached hydrogens (tertiary/aromatic N) is 3. The molecular weight excluding hydrogens is 324 g/mol. The van der Waals surface area contributed by atoms with Crippen LogP contribution in [0.4, 0.5) is 5.82 Å². The standard InChI is InChI=1S/C13H11BrN4O2/c1-2-20-13(19)11-10(7-15)12(16)18(17-11)9-5-3-8(14)4-6-9/h3-6H,2,16H2,1H3. The van der Waals surface area contributed by atoms with Gasteiger partial charge in [0.25, 0.3) is 0 Å². The lowest BCUT2D eigenvalue weighted by molar-refractivity contribution is 0.0518. The summed E-state index contributed by atoms with van der Waals surface area (Å²) in [6.45, 7) is 1.88. The minimum absolute atomic E-state index is 0.0198. The Labute approximate surface area is 123 Å². The summed E-state index contributed by atoms with van der Waals surface area (Å²) in [5.74, 6) is -0.551. The van der Waals surface area contributed by atoms with Gasteiger partial charge in [-0.2, -0.15) is 10.4 Å². The minimum Gasteiger partial charge on any atom is -0.461 e. The van der Waals surface area contributed by atoms with E-state index in [4.69, 9.17) is 15.7 Å². The van der Waals surface area contributed by atoms with Crippen LogP contribution in [0.1, 0.15) is 23.0 Å². The van der Waals surface area contributed by atoms with Gasteiger partial charge in [-0.15, -0.1) is 0 Å². The number of halogens is 1.